The molecule has 11 nitrogen and oxygen atoms in total. The van der Waals surface area contributed by atoms with Crippen molar-refractivity contribution in [1.29, 1.82) is 0 Å². The van der Waals surface area contributed by atoms with E-state index in [-0.39, 0.29) is 19.5 Å². The van der Waals surface area contributed by atoms with Gasteiger partial charge in [0.25, 0.3) is 5.56 Å². The van der Waals surface area contributed by atoms with E-state index in [2.05, 4.69) is 4.98 Å². The van der Waals surface area contributed by atoms with E-state index >= 15 is 0 Å². The molecule has 0 aliphatic heterocycles. The smallest absolute Gasteiger partial charge is 0.328 e. The predicted molar refractivity (Wildman–Crippen MR) is 98.7 cm³/mol. The van der Waals surface area contributed by atoms with Crippen molar-refractivity contribution in [3.63, 3.8) is 0 Å². The van der Waals surface area contributed by atoms with Crippen molar-refractivity contribution >= 4 is 17.8 Å². The summed E-state index contributed by atoms with van der Waals surface area (Å²) in [6.45, 7) is 5.39. The second-order valence-electron chi connectivity index (χ2n) is 7.32. The van der Waals surface area contributed by atoms with Crippen molar-refractivity contribution in [1.82, 2.24) is 14.5 Å². The lowest BCUT2D eigenvalue weighted by atomic mass is 10.2. The molecule has 0 aliphatic carbocycles. The number of carboxylic acids is 1. The fourth-order valence-electron chi connectivity index (χ4n) is 2.27. The van der Waals surface area contributed by atoms with Gasteiger partial charge in [-0.3, -0.25) is 28.7 Å². The molecule has 0 saturated carbocycles. The summed E-state index contributed by atoms with van der Waals surface area (Å²) in [5, 5.41) is 9.02. The third-order valence-electron chi connectivity index (χ3n) is 3.56. The van der Waals surface area contributed by atoms with Crippen LogP contribution in [0.2, 0.25) is 0 Å². The number of amides is 1. The van der Waals surface area contributed by atoms with E-state index < -0.39 is 47.3 Å². The van der Waals surface area contributed by atoms with E-state index in [0.717, 1.165) is 9.47 Å². The average Bonchev–Trinajstić information content (AvgIpc) is 2.53. The number of carboxylic acid groups (broad SMARTS) is 1. The van der Waals surface area contributed by atoms with Gasteiger partial charge in [-0.15, -0.1) is 0 Å². The molecule has 28 heavy (non-hydrogen) atoms. The van der Waals surface area contributed by atoms with Gasteiger partial charge in [0.15, 0.2) is 0 Å². The SMILES string of the molecule is Cc1cn(CCC(=O)N(CC(=O)O)CC(N)C(=O)OC(C)(C)C)c(=O)[nH]c1=O. The van der Waals surface area contributed by atoms with Crippen LogP contribution in [0, 0.1) is 6.92 Å². The molecule has 4 N–H and O–H groups in total. The van der Waals surface area contributed by atoms with E-state index in [1.54, 1.807) is 20.8 Å². The lowest BCUT2D eigenvalue weighted by Gasteiger charge is -2.26. The third-order valence-corrected chi connectivity index (χ3v) is 3.56. The molecule has 1 amide bonds. The van der Waals surface area contributed by atoms with E-state index in [9.17, 15) is 24.0 Å². The van der Waals surface area contributed by atoms with Crippen LogP contribution in [0.25, 0.3) is 0 Å². The minimum atomic E-state index is -1.28. The van der Waals surface area contributed by atoms with Crippen LogP contribution in [0.4, 0.5) is 0 Å². The lowest BCUT2D eigenvalue weighted by Crippen LogP contribution is -2.49. The van der Waals surface area contributed by atoms with E-state index in [4.69, 9.17) is 15.6 Å². The zero-order valence-electron chi connectivity index (χ0n) is 16.4. The molecule has 156 valence electrons. The van der Waals surface area contributed by atoms with Gasteiger partial charge in [0, 0.05) is 31.3 Å². The number of aromatic nitrogens is 2. The Morgan fingerprint density at radius 2 is 1.93 bits per heavy atom. The van der Waals surface area contributed by atoms with Crippen LogP contribution >= 0.6 is 0 Å². The number of esters is 1. The van der Waals surface area contributed by atoms with Crippen molar-refractivity contribution in [2.75, 3.05) is 13.1 Å². The maximum Gasteiger partial charge on any atom is 0.328 e. The number of aromatic amines is 1. The predicted octanol–water partition coefficient (Wildman–Crippen LogP) is -1.18. The summed E-state index contributed by atoms with van der Waals surface area (Å²) in [6, 6.07) is -1.22. The second-order valence-corrected chi connectivity index (χ2v) is 7.32. The van der Waals surface area contributed by atoms with Crippen molar-refractivity contribution < 1.29 is 24.2 Å². The Hall–Kier alpha value is -2.95. The fraction of sp³-hybridized carbons (Fsp3) is 0.588. The molecule has 1 rings (SSSR count). The molecule has 11 heteroatoms. The minimum Gasteiger partial charge on any atom is -0.480 e. The molecular weight excluding hydrogens is 372 g/mol. The molecule has 0 spiro atoms. The van der Waals surface area contributed by atoms with Gasteiger partial charge in [0.05, 0.1) is 0 Å². The summed E-state index contributed by atoms with van der Waals surface area (Å²) in [5.74, 6) is -2.65. The summed E-state index contributed by atoms with van der Waals surface area (Å²) in [4.78, 5) is 61.6. The Morgan fingerprint density at radius 1 is 1.32 bits per heavy atom. The summed E-state index contributed by atoms with van der Waals surface area (Å²) in [6.07, 6.45) is 1.09. The number of hydrogen-bond acceptors (Lipinski definition) is 7. The summed E-state index contributed by atoms with van der Waals surface area (Å²) >= 11 is 0. The van der Waals surface area contributed by atoms with Crippen LogP contribution in [0.1, 0.15) is 32.8 Å². The first kappa shape index (κ1) is 23.1. The zero-order chi connectivity index (χ0) is 21.6. The number of carbonyl (C=O) groups excluding carboxylic acids is 2. The average molecular weight is 398 g/mol. The maximum absolute atomic E-state index is 12.4. The van der Waals surface area contributed by atoms with Crippen LogP contribution in [0.3, 0.4) is 0 Å². The highest BCUT2D eigenvalue weighted by Gasteiger charge is 2.27. The molecule has 0 aliphatic rings. The topological polar surface area (TPSA) is 165 Å². The number of H-pyrrole nitrogens is 1. The van der Waals surface area contributed by atoms with Crippen molar-refractivity contribution in [3.8, 4) is 0 Å². The van der Waals surface area contributed by atoms with Crippen LogP contribution in [0.15, 0.2) is 15.8 Å². The first-order valence-electron chi connectivity index (χ1n) is 8.58. The molecular formula is C17H26N4O7. The fourth-order valence-corrected chi connectivity index (χ4v) is 2.27. The number of rotatable bonds is 8. The number of nitrogens with one attached hydrogen (secondary N) is 1. The molecule has 1 unspecified atom stereocenters. The number of carbonyl (C=O) groups is 3. The van der Waals surface area contributed by atoms with E-state index in [1.807, 2.05) is 0 Å². The van der Waals surface area contributed by atoms with Crippen LogP contribution in [0.5, 0.6) is 0 Å². The van der Waals surface area contributed by atoms with Gasteiger partial charge in [-0.25, -0.2) is 4.79 Å². The Balaban J connectivity index is 2.84. The molecule has 0 fully saturated rings. The summed E-state index contributed by atoms with van der Waals surface area (Å²) in [5.41, 5.74) is 4.06. The Labute approximate surface area is 161 Å². The van der Waals surface area contributed by atoms with E-state index in [0.29, 0.717) is 5.56 Å². The third kappa shape index (κ3) is 7.35. The van der Waals surface area contributed by atoms with E-state index in [1.165, 1.54) is 13.1 Å². The van der Waals surface area contributed by atoms with Gasteiger partial charge in [0.1, 0.15) is 18.2 Å². The van der Waals surface area contributed by atoms with Gasteiger partial charge in [-0.1, -0.05) is 0 Å². The molecule has 1 aromatic rings. The van der Waals surface area contributed by atoms with Crippen LogP contribution in [-0.2, 0) is 25.7 Å². The molecule has 1 atom stereocenters. The van der Waals surface area contributed by atoms with Gasteiger partial charge in [0.2, 0.25) is 5.91 Å². The zero-order valence-corrected chi connectivity index (χ0v) is 16.4. The monoisotopic (exact) mass is 398 g/mol. The molecule has 0 saturated heterocycles. The highest BCUT2D eigenvalue weighted by atomic mass is 16.6. The minimum absolute atomic E-state index is 0.0763. The van der Waals surface area contributed by atoms with Gasteiger partial charge < -0.3 is 20.5 Å². The van der Waals surface area contributed by atoms with Crippen molar-refractivity contribution in [2.24, 2.45) is 5.73 Å². The lowest BCUT2D eigenvalue weighted by molar-refractivity contribution is -0.158. The maximum atomic E-state index is 12.4. The van der Waals surface area contributed by atoms with Crippen molar-refractivity contribution in [2.45, 2.75) is 52.3 Å². The van der Waals surface area contributed by atoms with Crippen LogP contribution in [-0.4, -0.2) is 62.1 Å². The highest BCUT2D eigenvalue weighted by molar-refractivity contribution is 5.83. The molecule has 1 heterocycles. The highest BCUT2D eigenvalue weighted by Crippen LogP contribution is 2.09. The van der Waals surface area contributed by atoms with Crippen molar-refractivity contribution in [3.05, 3.63) is 32.6 Å². The normalized spacial score (nSPS) is 12.3. The second kappa shape index (κ2) is 9.31. The first-order chi connectivity index (χ1) is 12.8. The Morgan fingerprint density at radius 3 is 2.46 bits per heavy atom. The first-order valence-corrected chi connectivity index (χ1v) is 8.58. The molecule has 1 aromatic heterocycles. The Bertz CT molecular complexity index is 850. The molecule has 0 aromatic carbocycles. The largest absolute Gasteiger partial charge is 0.480 e. The number of aryl methyl sites for hydroxylation is 2. The number of ether oxygens (including phenoxy) is 1. The van der Waals surface area contributed by atoms with Gasteiger partial charge in [-0.05, 0) is 27.7 Å². The quantitative estimate of drug-likeness (QED) is 0.460. The number of nitrogens with zero attached hydrogens (tertiary/aromatic N) is 2. The van der Waals surface area contributed by atoms with Crippen LogP contribution < -0.4 is 17.0 Å². The summed E-state index contributed by atoms with van der Waals surface area (Å²) in [7, 11) is 0. The van der Waals surface area contributed by atoms with Gasteiger partial charge in [-0.2, -0.15) is 0 Å². The number of hydrogen-bond donors (Lipinski definition) is 3. The number of aliphatic carboxylic acids is 1. The molecule has 0 bridgehead atoms. The summed E-state index contributed by atoms with van der Waals surface area (Å²) < 4.78 is 6.27. The standard InChI is InChI=1S/C17H26N4O7/c1-10-7-20(16(27)19-14(10)25)6-5-12(22)21(9-13(23)24)8-11(18)15(26)28-17(2,3)4/h7,11H,5-6,8-9,18H2,1-4H3,(H,23,24)(H,19,25,27). The molecule has 0 radical (unpaired) electrons. The van der Waals surface area contributed by atoms with Gasteiger partial charge >= 0.3 is 17.6 Å². The number of nitrogens with two attached hydrogens (primary N) is 1. The Kier molecular flexibility index (Phi) is 7.68.